The lowest BCUT2D eigenvalue weighted by Gasteiger charge is -2.06. The minimum atomic E-state index is -0.448. The third kappa shape index (κ3) is 1.83. The molecule has 5 nitrogen and oxygen atoms in total. The Hall–Kier alpha value is -1.26. The predicted molar refractivity (Wildman–Crippen MR) is 40.3 cm³/mol. The third-order valence-corrected chi connectivity index (χ3v) is 1.58. The summed E-state index contributed by atoms with van der Waals surface area (Å²) in [6.45, 7) is 2.80. The first-order valence-corrected chi connectivity index (χ1v) is 3.42. The fraction of sp³-hybridized carbons (Fsp3) is 0.667. The molecule has 0 aliphatic carbocycles. The van der Waals surface area contributed by atoms with Gasteiger partial charge < -0.3 is 10.2 Å². The van der Waals surface area contributed by atoms with E-state index in [-0.39, 0.29) is 0 Å². The van der Waals surface area contributed by atoms with E-state index in [1.165, 1.54) is 0 Å². The Morgan fingerprint density at radius 3 is 2.91 bits per heavy atom. The molecule has 0 aromatic carbocycles. The topological polar surface area (TPSA) is 58.4 Å². The molecule has 0 saturated carbocycles. The van der Waals surface area contributed by atoms with Gasteiger partial charge in [-0.05, 0) is 6.92 Å². The minimum Gasteiger partial charge on any atom is -0.362 e. The molecule has 1 N–H and O–H groups in total. The second-order valence-corrected chi connectivity index (χ2v) is 2.73. The summed E-state index contributed by atoms with van der Waals surface area (Å²) in [6.07, 6.45) is 0.990. The summed E-state index contributed by atoms with van der Waals surface area (Å²) in [5.74, 6) is 0.586. The van der Waals surface area contributed by atoms with Gasteiger partial charge in [0.15, 0.2) is 5.82 Å². The van der Waals surface area contributed by atoms with Gasteiger partial charge in [-0.3, -0.25) is 10.1 Å². The molecule has 0 aromatic rings. The minimum absolute atomic E-state index is 0.297. The Morgan fingerprint density at radius 2 is 2.55 bits per heavy atom. The lowest BCUT2D eigenvalue weighted by molar-refractivity contribution is -0.404. The van der Waals surface area contributed by atoms with E-state index in [2.05, 4.69) is 5.32 Å². The molecule has 1 aliphatic rings. The van der Waals surface area contributed by atoms with E-state index in [0.717, 1.165) is 12.7 Å². The molecule has 0 aromatic heterocycles. The maximum Gasteiger partial charge on any atom is 0.274 e. The Balaban J connectivity index is 2.66. The van der Waals surface area contributed by atoms with Crippen LogP contribution in [0, 0.1) is 10.1 Å². The number of rotatable bonds is 1. The van der Waals surface area contributed by atoms with Crippen LogP contribution in [0.4, 0.5) is 0 Å². The van der Waals surface area contributed by atoms with Crippen LogP contribution in [0.3, 0.4) is 0 Å². The van der Waals surface area contributed by atoms with Crippen molar-refractivity contribution in [2.75, 3.05) is 13.6 Å². The average molecular weight is 157 g/mol. The molecule has 0 bridgehead atoms. The van der Waals surface area contributed by atoms with Crippen molar-refractivity contribution in [2.45, 2.75) is 13.0 Å². The third-order valence-electron chi connectivity index (χ3n) is 1.58. The summed E-state index contributed by atoms with van der Waals surface area (Å²) >= 11 is 0. The van der Waals surface area contributed by atoms with Crippen LogP contribution < -0.4 is 5.32 Å². The highest BCUT2D eigenvalue weighted by Crippen LogP contribution is 2.08. The fourth-order valence-electron chi connectivity index (χ4n) is 1.15. The molecule has 1 atom stereocenters. The fourth-order valence-corrected chi connectivity index (χ4v) is 1.15. The number of hydrogen-bond acceptors (Lipinski definition) is 4. The molecule has 1 heterocycles. The van der Waals surface area contributed by atoms with Gasteiger partial charge in [0.2, 0.25) is 0 Å². The van der Waals surface area contributed by atoms with Crippen LogP contribution in [0.1, 0.15) is 6.92 Å². The Kier molecular flexibility index (Phi) is 1.98. The van der Waals surface area contributed by atoms with E-state index < -0.39 is 4.92 Å². The first-order chi connectivity index (χ1) is 5.09. The van der Waals surface area contributed by atoms with Crippen LogP contribution in [-0.2, 0) is 0 Å². The molecule has 1 aliphatic heterocycles. The average Bonchev–Trinajstić information content (AvgIpc) is 2.09. The molecule has 1 unspecified atom stereocenters. The molecule has 0 amide bonds. The van der Waals surface area contributed by atoms with E-state index in [0.29, 0.717) is 11.9 Å². The van der Waals surface area contributed by atoms with Crippen LogP contribution in [0.15, 0.2) is 12.0 Å². The second-order valence-electron chi connectivity index (χ2n) is 2.73. The molecular formula is C6H11N3O2. The van der Waals surface area contributed by atoms with Gasteiger partial charge in [0, 0.05) is 19.6 Å². The lowest BCUT2D eigenvalue weighted by Crippen LogP contribution is -2.18. The molecule has 1 rings (SSSR count). The van der Waals surface area contributed by atoms with E-state index in [4.69, 9.17) is 0 Å². The van der Waals surface area contributed by atoms with E-state index in [1.807, 2.05) is 18.9 Å². The van der Waals surface area contributed by atoms with Crippen LogP contribution in [0.2, 0.25) is 0 Å². The Bertz CT molecular complexity index is 202. The molecule has 62 valence electrons. The maximum atomic E-state index is 10.1. The zero-order valence-corrected chi connectivity index (χ0v) is 6.57. The van der Waals surface area contributed by atoms with Crippen molar-refractivity contribution in [3.8, 4) is 0 Å². The van der Waals surface area contributed by atoms with E-state index >= 15 is 0 Å². The van der Waals surface area contributed by atoms with Gasteiger partial charge in [0.05, 0.1) is 4.92 Å². The highest BCUT2D eigenvalue weighted by atomic mass is 16.6. The normalized spacial score (nSPS) is 27.3. The zero-order chi connectivity index (χ0) is 8.43. The van der Waals surface area contributed by atoms with Crippen LogP contribution in [-0.4, -0.2) is 29.5 Å². The number of likely N-dealkylation sites (N-methyl/N-ethyl adjacent to an activating group) is 1. The van der Waals surface area contributed by atoms with Crippen LogP contribution in [0.25, 0.3) is 0 Å². The van der Waals surface area contributed by atoms with Crippen LogP contribution in [0.5, 0.6) is 0 Å². The Morgan fingerprint density at radius 1 is 1.91 bits per heavy atom. The summed E-state index contributed by atoms with van der Waals surface area (Å²) in [5.41, 5.74) is 0. The summed E-state index contributed by atoms with van der Waals surface area (Å²) < 4.78 is 0. The van der Waals surface area contributed by atoms with E-state index in [1.54, 1.807) is 0 Å². The summed E-state index contributed by atoms with van der Waals surface area (Å²) in [4.78, 5) is 11.4. The van der Waals surface area contributed by atoms with E-state index in [9.17, 15) is 10.1 Å². The number of hydrogen-bond donors (Lipinski definition) is 1. The molecule has 0 radical (unpaired) electrons. The first-order valence-electron chi connectivity index (χ1n) is 3.42. The highest BCUT2D eigenvalue weighted by molar-refractivity contribution is 5.01. The van der Waals surface area contributed by atoms with Gasteiger partial charge in [-0.25, -0.2) is 0 Å². The van der Waals surface area contributed by atoms with Gasteiger partial charge >= 0.3 is 0 Å². The van der Waals surface area contributed by atoms with Crippen molar-refractivity contribution in [1.29, 1.82) is 0 Å². The van der Waals surface area contributed by atoms with Crippen molar-refractivity contribution < 1.29 is 4.92 Å². The SMILES string of the molecule is CC1CN(C)/C(=C\[N+](=O)[O-])N1. The first kappa shape index (κ1) is 7.84. The van der Waals surface area contributed by atoms with Crippen LogP contribution >= 0.6 is 0 Å². The number of nitrogens with one attached hydrogen (secondary N) is 1. The molecular weight excluding hydrogens is 146 g/mol. The van der Waals surface area contributed by atoms with Gasteiger partial charge in [0.25, 0.3) is 6.20 Å². The second kappa shape index (κ2) is 2.77. The monoisotopic (exact) mass is 157 g/mol. The summed E-state index contributed by atoms with van der Waals surface area (Å²) in [5, 5.41) is 13.1. The molecule has 0 spiro atoms. The smallest absolute Gasteiger partial charge is 0.274 e. The van der Waals surface area contributed by atoms with Crippen molar-refractivity contribution in [3.63, 3.8) is 0 Å². The Labute approximate surface area is 64.8 Å². The summed E-state index contributed by atoms with van der Waals surface area (Å²) in [6, 6.07) is 0.297. The lowest BCUT2D eigenvalue weighted by atomic mass is 10.4. The predicted octanol–water partition coefficient (Wildman–Crippen LogP) is -0.0145. The molecule has 5 heteroatoms. The van der Waals surface area contributed by atoms with Crippen molar-refractivity contribution >= 4 is 0 Å². The quantitative estimate of drug-likeness (QED) is 0.429. The maximum absolute atomic E-state index is 10.1. The van der Waals surface area contributed by atoms with Gasteiger partial charge in [0.1, 0.15) is 0 Å². The molecule has 1 fully saturated rings. The molecule has 1 saturated heterocycles. The van der Waals surface area contributed by atoms with Gasteiger partial charge in [-0.2, -0.15) is 0 Å². The molecule has 11 heavy (non-hydrogen) atoms. The van der Waals surface area contributed by atoms with Gasteiger partial charge in [-0.1, -0.05) is 0 Å². The largest absolute Gasteiger partial charge is 0.362 e. The zero-order valence-electron chi connectivity index (χ0n) is 6.57. The van der Waals surface area contributed by atoms with Crippen molar-refractivity contribution in [2.24, 2.45) is 0 Å². The number of nitrogens with zero attached hydrogens (tertiary/aromatic N) is 2. The standard InChI is InChI=1S/C6H11N3O2/c1-5-3-8(2)6(7-5)4-9(10)11/h4-5,7H,3H2,1-2H3/b6-4-. The summed E-state index contributed by atoms with van der Waals surface area (Å²) in [7, 11) is 1.83. The number of nitro groups is 1. The van der Waals surface area contributed by atoms with Crippen molar-refractivity contribution in [1.82, 2.24) is 10.2 Å². The highest BCUT2D eigenvalue weighted by Gasteiger charge is 2.20. The van der Waals surface area contributed by atoms with Crippen molar-refractivity contribution in [3.05, 3.63) is 22.1 Å². The van der Waals surface area contributed by atoms with Gasteiger partial charge in [-0.15, -0.1) is 0 Å².